The van der Waals surface area contributed by atoms with Gasteiger partial charge in [0.1, 0.15) is 0 Å². The largest absolute Gasteiger partial charge is 0.345 e. The molecule has 0 amide bonds. The van der Waals surface area contributed by atoms with E-state index >= 15 is 0 Å². The maximum Gasteiger partial charge on any atom is 0.255 e. The molecule has 13 heavy (non-hydrogen) atoms. The van der Waals surface area contributed by atoms with Crippen LogP contribution in [0.15, 0.2) is 12.1 Å². The molecule has 72 valence electrons. The van der Waals surface area contributed by atoms with Crippen LogP contribution in [0.3, 0.4) is 0 Å². The van der Waals surface area contributed by atoms with Crippen molar-refractivity contribution in [3.63, 3.8) is 0 Å². The zero-order chi connectivity index (χ0) is 10.2. The Hall–Kier alpha value is -0.180. The molecule has 0 saturated heterocycles. The van der Waals surface area contributed by atoms with Crippen molar-refractivity contribution in [1.82, 2.24) is 4.57 Å². The van der Waals surface area contributed by atoms with Gasteiger partial charge in [0.05, 0.1) is 5.69 Å². The Kier molecular flexibility index (Phi) is 2.95. The number of alkyl halides is 3. The van der Waals surface area contributed by atoms with E-state index in [1.54, 1.807) is 23.7 Å². The highest BCUT2D eigenvalue weighted by Crippen LogP contribution is 2.30. The molecule has 5 heteroatoms. The summed E-state index contributed by atoms with van der Waals surface area (Å²) in [5.41, 5.74) is 1.34. The summed E-state index contributed by atoms with van der Waals surface area (Å²) in [4.78, 5) is 11.5. The summed E-state index contributed by atoms with van der Waals surface area (Å²) in [5, 5.41) is 0. The van der Waals surface area contributed by atoms with Crippen LogP contribution in [-0.4, -0.2) is 14.1 Å². The first-order chi connectivity index (χ1) is 5.84. The van der Waals surface area contributed by atoms with Gasteiger partial charge < -0.3 is 4.57 Å². The highest BCUT2D eigenvalue weighted by molar-refractivity contribution is 6.77. The van der Waals surface area contributed by atoms with E-state index < -0.39 is 9.58 Å². The molecule has 0 saturated carbocycles. The molecule has 0 aliphatic heterocycles. The molecule has 0 bridgehead atoms. The van der Waals surface area contributed by atoms with Gasteiger partial charge >= 0.3 is 0 Å². The first kappa shape index (κ1) is 10.9. The lowest BCUT2D eigenvalue weighted by molar-refractivity contribution is 0.0988. The fraction of sp³-hybridized carbons (Fsp3) is 0.375. The molecule has 1 heterocycles. The first-order valence-electron chi connectivity index (χ1n) is 3.58. The van der Waals surface area contributed by atoms with E-state index in [-0.39, 0.29) is 0 Å². The molecular weight excluding hydrogens is 232 g/mol. The van der Waals surface area contributed by atoms with E-state index in [1.165, 1.54) is 0 Å². The maximum absolute atomic E-state index is 11.5. The molecule has 0 aliphatic carbocycles. The van der Waals surface area contributed by atoms with Gasteiger partial charge in [-0.05, 0) is 19.1 Å². The maximum atomic E-state index is 11.5. The topological polar surface area (TPSA) is 22.0 Å². The lowest BCUT2D eigenvalue weighted by Gasteiger charge is -2.10. The fourth-order valence-electron chi connectivity index (χ4n) is 0.986. The normalized spacial score (nSPS) is 11.8. The molecule has 0 radical (unpaired) electrons. The summed E-state index contributed by atoms with van der Waals surface area (Å²) in [7, 11) is 1.75. The van der Waals surface area contributed by atoms with Gasteiger partial charge in [-0.25, -0.2) is 0 Å². The van der Waals surface area contributed by atoms with Gasteiger partial charge in [0.15, 0.2) is 0 Å². The number of ketones is 1. The summed E-state index contributed by atoms with van der Waals surface area (Å²) >= 11 is 16.4. The van der Waals surface area contributed by atoms with Crippen molar-refractivity contribution in [2.24, 2.45) is 7.05 Å². The van der Waals surface area contributed by atoms with Crippen molar-refractivity contribution in [3.05, 3.63) is 23.5 Å². The number of hydrogen-bond donors (Lipinski definition) is 0. The van der Waals surface area contributed by atoms with Crippen molar-refractivity contribution in [1.29, 1.82) is 0 Å². The van der Waals surface area contributed by atoms with Gasteiger partial charge in [0.2, 0.25) is 5.78 Å². The second kappa shape index (κ2) is 3.52. The smallest absolute Gasteiger partial charge is 0.255 e. The van der Waals surface area contributed by atoms with Crippen molar-refractivity contribution in [2.45, 2.75) is 10.7 Å². The van der Waals surface area contributed by atoms with E-state index in [4.69, 9.17) is 34.8 Å². The zero-order valence-electron chi connectivity index (χ0n) is 7.14. The predicted molar refractivity (Wildman–Crippen MR) is 54.8 cm³/mol. The summed E-state index contributed by atoms with van der Waals surface area (Å²) in [6.07, 6.45) is 0. The number of aromatic nitrogens is 1. The van der Waals surface area contributed by atoms with E-state index in [0.29, 0.717) is 5.69 Å². The number of carbonyl (C=O) groups excluding carboxylic acids is 1. The van der Waals surface area contributed by atoms with Gasteiger partial charge in [-0.1, -0.05) is 34.8 Å². The third-order valence-electron chi connectivity index (χ3n) is 1.86. The van der Waals surface area contributed by atoms with Crippen LogP contribution in [0, 0.1) is 6.92 Å². The predicted octanol–water partition coefficient (Wildman–Crippen LogP) is 2.89. The molecule has 2 nitrogen and oxygen atoms in total. The highest BCUT2D eigenvalue weighted by Gasteiger charge is 2.33. The summed E-state index contributed by atoms with van der Waals surface area (Å²) in [6.45, 7) is 1.87. The number of halogens is 3. The number of hydrogen-bond acceptors (Lipinski definition) is 1. The lowest BCUT2D eigenvalue weighted by atomic mass is 10.3. The van der Waals surface area contributed by atoms with Crippen molar-refractivity contribution in [3.8, 4) is 0 Å². The quantitative estimate of drug-likeness (QED) is 0.546. The molecule has 0 spiro atoms. The SMILES string of the molecule is Cc1ccc(C(=O)C(Cl)(Cl)Cl)n1C. The first-order valence-corrected chi connectivity index (χ1v) is 4.71. The van der Waals surface area contributed by atoms with Crippen LogP contribution in [0.1, 0.15) is 16.2 Å². The van der Waals surface area contributed by atoms with Crippen LogP contribution < -0.4 is 0 Å². The molecule has 0 aromatic carbocycles. The van der Waals surface area contributed by atoms with Crippen molar-refractivity contribution >= 4 is 40.6 Å². The minimum atomic E-state index is -1.88. The van der Waals surface area contributed by atoms with Crippen LogP contribution in [0.4, 0.5) is 0 Å². The van der Waals surface area contributed by atoms with E-state index in [2.05, 4.69) is 0 Å². The third kappa shape index (κ3) is 2.19. The standard InChI is InChI=1S/C8H8Cl3NO/c1-5-3-4-6(12(5)2)7(13)8(9,10)11/h3-4H,1-2H3. The average Bonchev–Trinajstić information content (AvgIpc) is 2.30. The minimum Gasteiger partial charge on any atom is -0.345 e. The number of Topliss-reactive ketones (excluding diaryl/α,β-unsaturated/α-hetero) is 1. The summed E-state index contributed by atoms with van der Waals surface area (Å²) in [6, 6.07) is 3.43. The Labute approximate surface area is 91.4 Å². The molecule has 1 rings (SSSR count). The summed E-state index contributed by atoms with van der Waals surface area (Å²) < 4.78 is -0.192. The highest BCUT2D eigenvalue weighted by atomic mass is 35.6. The Morgan fingerprint density at radius 2 is 1.92 bits per heavy atom. The van der Waals surface area contributed by atoms with Crippen LogP contribution >= 0.6 is 34.8 Å². The number of rotatable bonds is 1. The molecule has 1 aromatic rings. The Bertz CT molecular complexity index is 338. The second-order valence-corrected chi connectivity index (χ2v) is 5.03. The van der Waals surface area contributed by atoms with E-state index in [0.717, 1.165) is 5.69 Å². The van der Waals surface area contributed by atoms with Crippen LogP contribution in [0.2, 0.25) is 0 Å². The monoisotopic (exact) mass is 239 g/mol. The second-order valence-electron chi connectivity index (χ2n) is 2.75. The average molecular weight is 241 g/mol. The number of nitrogens with zero attached hydrogens (tertiary/aromatic N) is 1. The van der Waals surface area contributed by atoms with Crippen LogP contribution in [0.25, 0.3) is 0 Å². The molecule has 0 aliphatic rings. The fourth-order valence-corrected chi connectivity index (χ4v) is 1.28. The van der Waals surface area contributed by atoms with E-state index in [1.807, 2.05) is 6.92 Å². The van der Waals surface area contributed by atoms with Gasteiger partial charge in [-0.3, -0.25) is 4.79 Å². The van der Waals surface area contributed by atoms with E-state index in [9.17, 15) is 4.79 Å². The molecule has 0 fully saturated rings. The van der Waals surface area contributed by atoms with Crippen molar-refractivity contribution < 1.29 is 4.79 Å². The number of carbonyl (C=O) groups is 1. The van der Waals surface area contributed by atoms with Crippen LogP contribution in [-0.2, 0) is 7.05 Å². The Balaban J connectivity index is 3.10. The Morgan fingerprint density at radius 1 is 1.38 bits per heavy atom. The molecule has 0 unspecified atom stereocenters. The third-order valence-corrected chi connectivity index (χ3v) is 2.38. The lowest BCUT2D eigenvalue weighted by Crippen LogP contribution is -2.21. The molecule has 0 N–H and O–H groups in total. The minimum absolute atomic E-state index is 0.400. The van der Waals surface area contributed by atoms with Gasteiger partial charge in [0, 0.05) is 12.7 Å². The van der Waals surface area contributed by atoms with Crippen LogP contribution in [0.5, 0.6) is 0 Å². The Morgan fingerprint density at radius 3 is 2.23 bits per heavy atom. The van der Waals surface area contributed by atoms with Gasteiger partial charge in [0.25, 0.3) is 3.79 Å². The molecule has 1 aromatic heterocycles. The molecule has 0 atom stereocenters. The summed E-state index contributed by atoms with van der Waals surface area (Å²) in [5.74, 6) is -0.506. The zero-order valence-corrected chi connectivity index (χ0v) is 9.41. The molecular formula is C8H8Cl3NO. The van der Waals surface area contributed by atoms with Gasteiger partial charge in [-0.2, -0.15) is 0 Å². The van der Waals surface area contributed by atoms with Gasteiger partial charge in [-0.15, -0.1) is 0 Å². The number of aryl methyl sites for hydroxylation is 1. The van der Waals surface area contributed by atoms with Crippen molar-refractivity contribution in [2.75, 3.05) is 0 Å².